The number of carbonyl (C=O) groups is 2. The summed E-state index contributed by atoms with van der Waals surface area (Å²) in [5.74, 6) is 0.676. The van der Waals surface area contributed by atoms with E-state index >= 15 is 0 Å². The summed E-state index contributed by atoms with van der Waals surface area (Å²) in [6, 6.07) is 23.1. The second kappa shape index (κ2) is 12.8. The maximum atomic E-state index is 13.5. The van der Waals surface area contributed by atoms with Gasteiger partial charge in [0, 0.05) is 24.0 Å². The summed E-state index contributed by atoms with van der Waals surface area (Å²) >= 11 is 6.42. The van der Waals surface area contributed by atoms with Crippen LogP contribution in [0.15, 0.2) is 78.9 Å². The predicted octanol–water partition coefficient (Wildman–Crippen LogP) is 4.89. The van der Waals surface area contributed by atoms with Gasteiger partial charge in [-0.2, -0.15) is 0 Å². The van der Waals surface area contributed by atoms with Gasteiger partial charge in [-0.25, -0.2) is 0 Å². The van der Waals surface area contributed by atoms with Crippen LogP contribution in [-0.2, 0) is 22.6 Å². The average Bonchev–Trinajstić information content (AvgIpc) is 2.86. The Balaban J connectivity index is 1.89. The lowest BCUT2D eigenvalue weighted by Crippen LogP contribution is -2.52. The molecule has 0 spiro atoms. The number of nitrogens with one attached hydrogen (secondary N) is 1. The molecular weight excluding hydrogens is 464 g/mol. The summed E-state index contributed by atoms with van der Waals surface area (Å²) in [6.07, 6.45) is 0.359. The molecule has 0 aliphatic carbocycles. The van der Waals surface area contributed by atoms with Crippen molar-refractivity contribution >= 4 is 23.4 Å². The standard InChI is InChI=1S/C28H31ClN2O4/c1-20(2)30-28(33)26(17-21-9-5-4-6-10-21)31(18-22-11-7-8-12-25(22)29)27(32)19-35-24-15-13-23(34-3)14-16-24/h4-16,20,26H,17-19H2,1-3H3,(H,30,33)/t26-/m0/s1. The summed E-state index contributed by atoms with van der Waals surface area (Å²) in [5.41, 5.74) is 1.70. The minimum absolute atomic E-state index is 0.0754. The first-order valence-corrected chi connectivity index (χ1v) is 11.9. The first kappa shape index (κ1) is 26.1. The Morgan fingerprint density at radius 2 is 1.54 bits per heavy atom. The van der Waals surface area contributed by atoms with Crippen molar-refractivity contribution < 1.29 is 19.1 Å². The molecule has 3 aromatic carbocycles. The molecule has 184 valence electrons. The molecule has 1 atom stereocenters. The number of ether oxygens (including phenoxy) is 2. The minimum Gasteiger partial charge on any atom is -0.497 e. The molecule has 3 rings (SSSR count). The number of nitrogens with zero attached hydrogens (tertiary/aromatic N) is 1. The quantitative estimate of drug-likeness (QED) is 0.412. The van der Waals surface area contributed by atoms with E-state index in [1.54, 1.807) is 42.3 Å². The van der Waals surface area contributed by atoms with Gasteiger partial charge in [0.15, 0.2) is 6.61 Å². The van der Waals surface area contributed by atoms with Crippen LogP contribution in [0.5, 0.6) is 11.5 Å². The molecule has 0 aliphatic rings. The van der Waals surface area contributed by atoms with Crippen LogP contribution in [0.25, 0.3) is 0 Å². The maximum absolute atomic E-state index is 13.5. The van der Waals surface area contributed by atoms with Crippen molar-refractivity contribution in [3.63, 3.8) is 0 Å². The van der Waals surface area contributed by atoms with Crippen LogP contribution in [0.1, 0.15) is 25.0 Å². The number of halogens is 1. The lowest BCUT2D eigenvalue weighted by atomic mass is 10.0. The van der Waals surface area contributed by atoms with Gasteiger partial charge in [-0.05, 0) is 55.3 Å². The number of methoxy groups -OCH3 is 1. The molecule has 0 fully saturated rings. The van der Waals surface area contributed by atoms with Gasteiger partial charge in [0.25, 0.3) is 5.91 Å². The Kier molecular flexibility index (Phi) is 9.56. The zero-order valence-corrected chi connectivity index (χ0v) is 21.0. The lowest BCUT2D eigenvalue weighted by molar-refractivity contribution is -0.143. The first-order chi connectivity index (χ1) is 16.9. The van der Waals surface area contributed by atoms with Gasteiger partial charge in [-0.15, -0.1) is 0 Å². The van der Waals surface area contributed by atoms with E-state index in [-0.39, 0.29) is 31.0 Å². The van der Waals surface area contributed by atoms with Crippen molar-refractivity contribution in [2.75, 3.05) is 13.7 Å². The highest BCUT2D eigenvalue weighted by molar-refractivity contribution is 6.31. The summed E-state index contributed by atoms with van der Waals surface area (Å²) < 4.78 is 10.9. The van der Waals surface area contributed by atoms with E-state index in [0.717, 1.165) is 11.1 Å². The van der Waals surface area contributed by atoms with Gasteiger partial charge in [0.1, 0.15) is 17.5 Å². The van der Waals surface area contributed by atoms with Crippen molar-refractivity contribution in [3.8, 4) is 11.5 Å². The minimum atomic E-state index is -0.747. The third-order valence-electron chi connectivity index (χ3n) is 5.42. The molecule has 0 saturated heterocycles. The van der Waals surface area contributed by atoms with Crippen molar-refractivity contribution in [3.05, 3.63) is 95.0 Å². The first-order valence-electron chi connectivity index (χ1n) is 11.5. The highest BCUT2D eigenvalue weighted by Gasteiger charge is 2.31. The summed E-state index contributed by atoms with van der Waals surface area (Å²) in [5, 5.41) is 3.50. The Morgan fingerprint density at radius 3 is 2.17 bits per heavy atom. The molecule has 0 radical (unpaired) electrons. The van der Waals surface area contributed by atoms with Gasteiger partial charge in [-0.3, -0.25) is 9.59 Å². The fraction of sp³-hybridized carbons (Fsp3) is 0.286. The van der Waals surface area contributed by atoms with Crippen molar-refractivity contribution in [2.45, 2.75) is 38.9 Å². The van der Waals surface area contributed by atoms with Crippen molar-refractivity contribution in [1.29, 1.82) is 0 Å². The summed E-state index contributed by atoms with van der Waals surface area (Å²) in [6.45, 7) is 3.74. The van der Waals surface area contributed by atoms with Crippen LogP contribution in [0.2, 0.25) is 5.02 Å². The Morgan fingerprint density at radius 1 is 0.914 bits per heavy atom. The van der Waals surface area contributed by atoms with Crippen LogP contribution in [0.4, 0.5) is 0 Å². The molecule has 0 unspecified atom stereocenters. The van der Waals surface area contributed by atoms with Gasteiger partial charge in [0.2, 0.25) is 5.91 Å². The number of hydrogen-bond donors (Lipinski definition) is 1. The van der Waals surface area contributed by atoms with Gasteiger partial charge >= 0.3 is 0 Å². The van der Waals surface area contributed by atoms with E-state index in [1.807, 2.05) is 62.4 Å². The van der Waals surface area contributed by atoms with E-state index in [2.05, 4.69) is 5.32 Å². The number of hydrogen-bond acceptors (Lipinski definition) is 4. The lowest BCUT2D eigenvalue weighted by Gasteiger charge is -2.32. The predicted molar refractivity (Wildman–Crippen MR) is 138 cm³/mol. The molecule has 0 aliphatic heterocycles. The zero-order chi connectivity index (χ0) is 25.2. The van der Waals surface area contributed by atoms with Gasteiger partial charge in [-0.1, -0.05) is 60.1 Å². The van der Waals surface area contributed by atoms with Crippen LogP contribution in [0.3, 0.4) is 0 Å². The number of benzene rings is 3. The molecule has 6 nitrogen and oxygen atoms in total. The fourth-order valence-corrected chi connectivity index (χ4v) is 3.84. The van der Waals surface area contributed by atoms with Crippen LogP contribution < -0.4 is 14.8 Å². The van der Waals surface area contributed by atoms with E-state index in [0.29, 0.717) is 22.9 Å². The fourth-order valence-electron chi connectivity index (χ4n) is 3.64. The highest BCUT2D eigenvalue weighted by atomic mass is 35.5. The molecule has 7 heteroatoms. The van der Waals surface area contributed by atoms with Crippen molar-refractivity contribution in [1.82, 2.24) is 10.2 Å². The molecule has 0 aromatic heterocycles. The summed E-state index contributed by atoms with van der Waals surface area (Å²) in [4.78, 5) is 28.4. The smallest absolute Gasteiger partial charge is 0.261 e. The maximum Gasteiger partial charge on any atom is 0.261 e. The normalized spacial score (nSPS) is 11.6. The largest absolute Gasteiger partial charge is 0.497 e. The average molecular weight is 495 g/mol. The van der Waals surface area contributed by atoms with E-state index < -0.39 is 6.04 Å². The molecule has 0 saturated carbocycles. The van der Waals surface area contributed by atoms with E-state index in [4.69, 9.17) is 21.1 Å². The molecule has 3 aromatic rings. The topological polar surface area (TPSA) is 67.9 Å². The van der Waals surface area contributed by atoms with Crippen LogP contribution >= 0.6 is 11.6 Å². The number of amides is 2. The summed E-state index contributed by atoms with van der Waals surface area (Å²) in [7, 11) is 1.58. The third kappa shape index (κ3) is 7.76. The Hall–Kier alpha value is -3.51. The number of rotatable bonds is 11. The van der Waals surface area contributed by atoms with Crippen LogP contribution in [0, 0.1) is 0 Å². The molecule has 0 heterocycles. The second-order valence-electron chi connectivity index (χ2n) is 8.45. The highest BCUT2D eigenvalue weighted by Crippen LogP contribution is 2.22. The molecule has 1 N–H and O–H groups in total. The van der Waals surface area contributed by atoms with Gasteiger partial charge < -0.3 is 19.7 Å². The molecular formula is C28H31ClN2O4. The monoisotopic (exact) mass is 494 g/mol. The van der Waals surface area contributed by atoms with E-state index in [1.165, 1.54) is 0 Å². The van der Waals surface area contributed by atoms with Gasteiger partial charge in [0.05, 0.1) is 7.11 Å². The van der Waals surface area contributed by atoms with Crippen molar-refractivity contribution in [2.24, 2.45) is 0 Å². The SMILES string of the molecule is COc1ccc(OCC(=O)N(Cc2ccccc2Cl)[C@@H](Cc2ccccc2)C(=O)NC(C)C)cc1. The molecule has 35 heavy (non-hydrogen) atoms. The molecule has 2 amide bonds. The zero-order valence-electron chi connectivity index (χ0n) is 20.2. The van der Waals surface area contributed by atoms with E-state index in [9.17, 15) is 9.59 Å². The second-order valence-corrected chi connectivity index (χ2v) is 8.85. The van der Waals surface area contributed by atoms with Crippen LogP contribution in [-0.4, -0.2) is 42.5 Å². The Bertz CT molecular complexity index is 1100. The Labute approximate surface area is 211 Å². The third-order valence-corrected chi connectivity index (χ3v) is 5.79. The number of carbonyl (C=O) groups excluding carboxylic acids is 2. The molecule has 0 bridgehead atoms.